The third kappa shape index (κ3) is 8.02. The van der Waals surface area contributed by atoms with Crippen molar-refractivity contribution in [3.05, 3.63) is 55.5 Å². The quantitative estimate of drug-likeness (QED) is 0.362. The Balaban J connectivity index is 0.000000331. The zero-order valence-electron chi connectivity index (χ0n) is 22.9. The van der Waals surface area contributed by atoms with E-state index in [-0.39, 0.29) is 21.7 Å². The number of aromatic hydroxyl groups is 1. The normalized spacial score (nSPS) is 12.8. The lowest BCUT2D eigenvalue weighted by Crippen LogP contribution is -2.19. The molecule has 2 nitrogen and oxygen atoms in total. The topological polar surface area (TPSA) is 29.5 Å². The largest absolute Gasteiger partial charge is 0.507 e. The van der Waals surface area contributed by atoms with Crippen molar-refractivity contribution in [2.24, 2.45) is 0 Å². The number of rotatable bonds is 1. The van der Waals surface area contributed by atoms with Crippen molar-refractivity contribution in [1.82, 2.24) is 0 Å². The molecule has 0 aliphatic heterocycles. The van der Waals surface area contributed by atoms with Crippen molar-refractivity contribution in [3.63, 3.8) is 0 Å². The second-order valence-corrected chi connectivity index (χ2v) is 14.7. The molecule has 0 amide bonds. The first kappa shape index (κ1) is 30.0. The van der Waals surface area contributed by atoms with Crippen LogP contribution in [0.2, 0.25) is 0 Å². The summed E-state index contributed by atoms with van der Waals surface area (Å²) in [4.78, 5) is 0. The molecule has 0 radical (unpaired) electrons. The van der Waals surface area contributed by atoms with Crippen LogP contribution in [0.25, 0.3) is 0 Å². The van der Waals surface area contributed by atoms with Gasteiger partial charge in [0.2, 0.25) is 0 Å². The molecule has 186 valence electrons. The standard InChI is InChI=1S/C15H23BrO.C14H21BrO/c1-14(2,3)11-8-10(16)9-12(13(11)17-7)15(4,5)6;1-13(2,3)10-7-9(15)8-11(12(10)16)14(4,5)6/h8-9H,1-7H3;7-8,16H,1-6H3. The highest BCUT2D eigenvalue weighted by molar-refractivity contribution is 9.10. The van der Waals surface area contributed by atoms with E-state index in [1.54, 1.807) is 7.11 Å². The summed E-state index contributed by atoms with van der Waals surface area (Å²) >= 11 is 7.13. The van der Waals surface area contributed by atoms with Crippen LogP contribution in [0.1, 0.15) is 105 Å². The van der Waals surface area contributed by atoms with Crippen molar-refractivity contribution >= 4 is 31.9 Å². The molecule has 33 heavy (non-hydrogen) atoms. The zero-order chi connectivity index (χ0) is 26.2. The van der Waals surface area contributed by atoms with Crippen LogP contribution in [0.15, 0.2) is 33.2 Å². The molecule has 0 heterocycles. The number of halogens is 2. The van der Waals surface area contributed by atoms with Crippen LogP contribution in [-0.4, -0.2) is 12.2 Å². The predicted octanol–water partition coefficient (Wildman–Crippen LogP) is 9.80. The first-order valence-electron chi connectivity index (χ1n) is 11.5. The van der Waals surface area contributed by atoms with Gasteiger partial charge in [0.25, 0.3) is 0 Å². The molecule has 0 spiro atoms. The predicted molar refractivity (Wildman–Crippen MR) is 151 cm³/mol. The minimum atomic E-state index is -0.0478. The summed E-state index contributed by atoms with van der Waals surface area (Å²) in [6, 6.07) is 8.33. The van der Waals surface area contributed by atoms with Crippen LogP contribution in [0.4, 0.5) is 0 Å². The zero-order valence-corrected chi connectivity index (χ0v) is 26.1. The number of hydrogen-bond acceptors (Lipinski definition) is 2. The molecule has 2 aromatic carbocycles. The highest BCUT2D eigenvalue weighted by atomic mass is 79.9. The lowest BCUT2D eigenvalue weighted by Gasteiger charge is -2.29. The maximum atomic E-state index is 10.4. The average Bonchev–Trinajstić information content (AvgIpc) is 2.60. The highest BCUT2D eigenvalue weighted by Crippen LogP contribution is 2.42. The summed E-state index contributed by atoms with van der Waals surface area (Å²) in [6.45, 7) is 25.9. The van der Waals surface area contributed by atoms with E-state index in [0.29, 0.717) is 5.75 Å². The van der Waals surface area contributed by atoms with E-state index in [2.05, 4.69) is 127 Å². The lowest BCUT2D eigenvalue weighted by molar-refractivity contribution is 0.381. The molecule has 0 fully saturated rings. The number of benzene rings is 2. The van der Waals surface area contributed by atoms with Crippen molar-refractivity contribution in [1.29, 1.82) is 0 Å². The third-order valence-electron chi connectivity index (χ3n) is 5.56. The molecule has 0 saturated carbocycles. The Morgan fingerprint density at radius 3 is 1.00 bits per heavy atom. The first-order chi connectivity index (χ1) is 14.6. The molecule has 0 aliphatic rings. The van der Waals surface area contributed by atoms with Crippen molar-refractivity contribution in [3.8, 4) is 11.5 Å². The molecule has 0 aliphatic carbocycles. The summed E-state index contributed by atoms with van der Waals surface area (Å²) in [5, 5.41) is 10.4. The average molecular weight is 584 g/mol. The number of phenols is 1. The summed E-state index contributed by atoms with van der Waals surface area (Å²) in [6.07, 6.45) is 0. The van der Waals surface area contributed by atoms with E-state index in [1.165, 1.54) is 11.1 Å². The van der Waals surface area contributed by atoms with Gasteiger partial charge in [0.1, 0.15) is 11.5 Å². The number of phenolic OH excluding ortho intramolecular Hbond substituents is 1. The van der Waals surface area contributed by atoms with Gasteiger partial charge in [-0.2, -0.15) is 0 Å². The van der Waals surface area contributed by atoms with Crippen molar-refractivity contribution < 1.29 is 9.84 Å². The maximum Gasteiger partial charge on any atom is 0.126 e. The van der Waals surface area contributed by atoms with Crippen LogP contribution in [0, 0.1) is 0 Å². The Hall–Kier alpha value is -1.000. The lowest BCUT2D eigenvalue weighted by atomic mass is 9.79. The fraction of sp³-hybridized carbons (Fsp3) is 0.586. The monoisotopic (exact) mass is 582 g/mol. The maximum absolute atomic E-state index is 10.4. The van der Waals surface area contributed by atoms with Gasteiger partial charge >= 0.3 is 0 Å². The van der Waals surface area contributed by atoms with Gasteiger partial charge in [0.05, 0.1) is 7.11 Å². The molecule has 0 aromatic heterocycles. The van der Waals surface area contributed by atoms with E-state index >= 15 is 0 Å². The van der Waals surface area contributed by atoms with Gasteiger partial charge in [-0.1, -0.05) is 115 Å². The number of hydrogen-bond donors (Lipinski definition) is 1. The van der Waals surface area contributed by atoms with Crippen molar-refractivity contribution in [2.75, 3.05) is 7.11 Å². The summed E-state index contributed by atoms with van der Waals surface area (Å²) in [5.41, 5.74) is 4.54. The molecule has 0 unspecified atom stereocenters. The van der Waals surface area contributed by atoms with Gasteiger partial charge in [0, 0.05) is 31.2 Å². The Morgan fingerprint density at radius 2 is 0.788 bits per heavy atom. The molecular weight excluding hydrogens is 540 g/mol. The Kier molecular flexibility index (Phi) is 9.39. The Morgan fingerprint density at radius 1 is 0.545 bits per heavy atom. The molecule has 2 aromatic rings. The molecule has 2 rings (SSSR count). The van der Waals surface area contributed by atoms with E-state index in [9.17, 15) is 5.11 Å². The van der Waals surface area contributed by atoms with Crippen LogP contribution in [-0.2, 0) is 21.7 Å². The minimum absolute atomic E-state index is 0.0478. The highest BCUT2D eigenvalue weighted by Gasteiger charge is 2.27. The molecule has 0 saturated heterocycles. The van der Waals surface area contributed by atoms with Gasteiger partial charge in [0.15, 0.2) is 0 Å². The van der Waals surface area contributed by atoms with E-state index in [1.807, 2.05) is 12.1 Å². The summed E-state index contributed by atoms with van der Waals surface area (Å²) in [5.74, 6) is 1.46. The molecular formula is C29H44Br2O2. The molecule has 0 atom stereocenters. The van der Waals surface area contributed by atoms with E-state index in [4.69, 9.17) is 4.74 Å². The van der Waals surface area contributed by atoms with Crippen LogP contribution < -0.4 is 4.74 Å². The molecule has 1 N–H and O–H groups in total. The number of methoxy groups -OCH3 is 1. The number of ether oxygens (including phenoxy) is 1. The Bertz CT molecular complexity index is 893. The second-order valence-electron chi connectivity index (χ2n) is 12.9. The molecule has 0 bridgehead atoms. The van der Waals surface area contributed by atoms with Crippen LogP contribution in [0.5, 0.6) is 11.5 Å². The minimum Gasteiger partial charge on any atom is -0.507 e. The van der Waals surface area contributed by atoms with Gasteiger partial charge in [-0.15, -0.1) is 0 Å². The fourth-order valence-electron chi connectivity index (χ4n) is 3.67. The van der Waals surface area contributed by atoms with Crippen molar-refractivity contribution in [2.45, 2.75) is 105 Å². The van der Waals surface area contributed by atoms with Gasteiger partial charge < -0.3 is 9.84 Å². The molecule has 4 heteroatoms. The van der Waals surface area contributed by atoms with Crippen LogP contribution >= 0.6 is 31.9 Å². The third-order valence-corrected chi connectivity index (χ3v) is 6.48. The van der Waals surface area contributed by atoms with Gasteiger partial charge in [-0.05, 0) is 45.9 Å². The van der Waals surface area contributed by atoms with Gasteiger partial charge in [-0.3, -0.25) is 0 Å². The smallest absolute Gasteiger partial charge is 0.126 e. The second kappa shape index (κ2) is 10.3. The summed E-state index contributed by atoms with van der Waals surface area (Å²) < 4.78 is 7.81. The fourth-order valence-corrected chi connectivity index (χ4v) is 4.59. The van der Waals surface area contributed by atoms with E-state index < -0.39 is 0 Å². The SMILES string of the molecule is CC(C)(C)c1cc(Br)cc(C(C)(C)C)c1O.COc1c(C(C)(C)C)cc(Br)cc1C(C)(C)C. The summed E-state index contributed by atoms with van der Waals surface area (Å²) in [7, 11) is 1.76. The first-order valence-corrected chi connectivity index (χ1v) is 13.1. The Labute approximate surface area is 219 Å². The van der Waals surface area contributed by atoms with E-state index in [0.717, 1.165) is 25.8 Å². The van der Waals surface area contributed by atoms with Crippen LogP contribution in [0.3, 0.4) is 0 Å². The van der Waals surface area contributed by atoms with Gasteiger partial charge in [-0.25, -0.2) is 0 Å².